The minimum atomic E-state index is -1.28. The molecule has 7 atom stereocenters. The number of fused-ring (bicyclic) bond motifs is 6. The predicted octanol–water partition coefficient (Wildman–Crippen LogP) is -1.73. The van der Waals surface area contributed by atoms with E-state index in [1.54, 1.807) is 21.1 Å². The van der Waals surface area contributed by atoms with Gasteiger partial charge in [-0.15, -0.1) is 0 Å². The molecule has 0 spiro atoms. The number of hydrogen-bond donors (Lipinski definition) is 4. The summed E-state index contributed by atoms with van der Waals surface area (Å²) in [6.07, 6.45) is -2.51. The van der Waals surface area contributed by atoms with Crippen LogP contribution in [-0.2, 0) is 30.5 Å². The molecular formula is C26H35N5O7S. The molecule has 6 bridgehead atoms. The number of nitrogens with zero attached hydrogens (tertiary/aromatic N) is 3. The van der Waals surface area contributed by atoms with Gasteiger partial charge in [0.1, 0.15) is 24.4 Å². The lowest BCUT2D eigenvalue weighted by Crippen LogP contribution is -2.63. The van der Waals surface area contributed by atoms with Crippen LogP contribution in [0, 0.1) is 5.92 Å². The number of hydrogen-bond acceptors (Lipinski definition) is 9. The van der Waals surface area contributed by atoms with E-state index in [0.29, 0.717) is 26.1 Å². The van der Waals surface area contributed by atoms with Crippen LogP contribution in [0.15, 0.2) is 16.8 Å². The van der Waals surface area contributed by atoms with Crippen molar-refractivity contribution in [3.63, 3.8) is 0 Å². The highest BCUT2D eigenvalue weighted by molar-refractivity contribution is 7.07. The third-order valence-electron chi connectivity index (χ3n) is 8.55. The largest absolute Gasteiger partial charge is 0.388 e. The predicted molar refractivity (Wildman–Crippen MR) is 138 cm³/mol. The van der Waals surface area contributed by atoms with Crippen LogP contribution in [-0.4, -0.2) is 124 Å². The Labute approximate surface area is 230 Å². The Hall–Kier alpha value is -2.58. The number of likely N-dealkylation sites (tertiary alicyclic amines) is 1. The van der Waals surface area contributed by atoms with E-state index in [1.165, 1.54) is 0 Å². The van der Waals surface area contributed by atoms with Gasteiger partial charge in [-0.3, -0.25) is 24.1 Å². The fourth-order valence-electron chi connectivity index (χ4n) is 6.26. The van der Waals surface area contributed by atoms with Gasteiger partial charge in [-0.2, -0.15) is 11.3 Å². The van der Waals surface area contributed by atoms with Crippen LogP contribution in [0.3, 0.4) is 0 Å². The van der Waals surface area contributed by atoms with Gasteiger partial charge in [-0.25, -0.2) is 0 Å². The number of carbonyl (C=O) groups excluding carboxylic acids is 4. The number of carbonyl (C=O) groups is 4. The van der Waals surface area contributed by atoms with Crippen molar-refractivity contribution in [2.75, 3.05) is 32.7 Å². The molecule has 4 aliphatic heterocycles. The lowest BCUT2D eigenvalue weighted by Gasteiger charge is -2.42. The van der Waals surface area contributed by atoms with Gasteiger partial charge in [-0.05, 0) is 41.7 Å². The minimum absolute atomic E-state index is 0.0629. The summed E-state index contributed by atoms with van der Waals surface area (Å²) in [4.78, 5) is 58.6. The van der Waals surface area contributed by atoms with Gasteiger partial charge in [-0.1, -0.05) is 0 Å². The van der Waals surface area contributed by atoms with Gasteiger partial charge >= 0.3 is 0 Å². The smallest absolute Gasteiger partial charge is 0.244 e. The zero-order valence-electron chi connectivity index (χ0n) is 21.6. The van der Waals surface area contributed by atoms with Crippen molar-refractivity contribution in [2.24, 2.45) is 5.92 Å². The highest BCUT2D eigenvalue weighted by Crippen LogP contribution is 2.33. The average molecular weight is 562 g/mol. The van der Waals surface area contributed by atoms with Crippen molar-refractivity contribution in [1.29, 1.82) is 0 Å². The van der Waals surface area contributed by atoms with Crippen LogP contribution >= 0.6 is 11.3 Å². The molecule has 4 saturated heterocycles. The Balaban J connectivity index is 1.28. The molecule has 0 unspecified atom stereocenters. The Morgan fingerprint density at radius 1 is 1.08 bits per heavy atom. The maximum absolute atomic E-state index is 13.9. The third-order valence-corrected chi connectivity index (χ3v) is 9.28. The quantitative estimate of drug-likeness (QED) is 0.340. The van der Waals surface area contributed by atoms with Crippen LogP contribution in [0.2, 0.25) is 0 Å². The van der Waals surface area contributed by atoms with Gasteiger partial charge in [0.25, 0.3) is 0 Å². The Bertz CT molecular complexity index is 1110. The maximum atomic E-state index is 13.9. The number of ether oxygens (including phenoxy) is 1. The lowest BCUT2D eigenvalue weighted by molar-refractivity contribution is -0.151. The number of piperazine rings is 1. The molecule has 5 heterocycles. The van der Waals surface area contributed by atoms with Crippen LogP contribution in [0.4, 0.5) is 0 Å². The zero-order chi connectivity index (χ0) is 27.3. The van der Waals surface area contributed by atoms with E-state index in [0.717, 1.165) is 18.4 Å². The van der Waals surface area contributed by atoms with Gasteiger partial charge in [0.2, 0.25) is 23.6 Å². The molecule has 13 heteroatoms. The maximum Gasteiger partial charge on any atom is 0.244 e. The van der Waals surface area contributed by atoms with Crippen molar-refractivity contribution in [2.45, 2.75) is 74.8 Å². The highest BCUT2D eigenvalue weighted by Gasteiger charge is 2.47. The molecule has 212 valence electrons. The standard InChI is InChI=1S/C26H35N5O7S/c32-21-8-19-22(33)23(34)20(38-19)9-27-24(35)18-12-29(4-5-31(18)25(36)15-1-2-15)26(37)17-7-16(28-21)11-30(17)10-14-3-6-39-13-14/h3,6,13,15-20,22-23,33-34H,1-2,4-5,7-12H2,(H,27,35)(H,28,32)/t16-,17-,18-,19-,20+,22-,23+/m0/s1. The number of thiophene rings is 1. The summed E-state index contributed by atoms with van der Waals surface area (Å²) in [5.41, 5.74) is 1.08. The summed E-state index contributed by atoms with van der Waals surface area (Å²) in [5, 5.41) is 30.8. The SMILES string of the molecule is O=C1C[C@@H]2O[C@H](CNC(=O)[C@@H]3CN(CCN3C(=O)C3CC3)C(=O)[C@@H]3C[C@@H](CN3Cc3ccsc3)N1)[C@@H](O)[C@H]2O. The molecule has 1 aliphatic carbocycles. The zero-order valence-corrected chi connectivity index (χ0v) is 22.4. The summed E-state index contributed by atoms with van der Waals surface area (Å²) in [5.74, 6) is -1.01. The van der Waals surface area contributed by atoms with E-state index >= 15 is 0 Å². The second-order valence-electron chi connectivity index (χ2n) is 11.3. The van der Waals surface area contributed by atoms with Crippen molar-refractivity contribution in [3.8, 4) is 0 Å². The lowest BCUT2D eigenvalue weighted by atomic mass is 10.0. The Kier molecular flexibility index (Phi) is 7.35. The van der Waals surface area contributed by atoms with E-state index in [4.69, 9.17) is 4.74 Å². The van der Waals surface area contributed by atoms with Crippen LogP contribution < -0.4 is 10.6 Å². The van der Waals surface area contributed by atoms with Crippen molar-refractivity contribution in [1.82, 2.24) is 25.3 Å². The van der Waals surface area contributed by atoms with Crippen molar-refractivity contribution in [3.05, 3.63) is 22.4 Å². The molecule has 39 heavy (non-hydrogen) atoms. The molecular weight excluding hydrogens is 526 g/mol. The molecule has 4 N–H and O–H groups in total. The molecule has 0 aromatic carbocycles. The van der Waals surface area contributed by atoms with E-state index in [-0.39, 0.29) is 55.7 Å². The number of amides is 4. The Morgan fingerprint density at radius 3 is 2.62 bits per heavy atom. The third kappa shape index (κ3) is 5.42. The van der Waals surface area contributed by atoms with Gasteiger partial charge in [0.15, 0.2) is 0 Å². The Morgan fingerprint density at radius 2 is 1.87 bits per heavy atom. The highest BCUT2D eigenvalue weighted by atomic mass is 32.1. The molecule has 5 fully saturated rings. The van der Waals surface area contributed by atoms with Crippen LogP contribution in [0.1, 0.15) is 31.2 Å². The molecule has 12 nitrogen and oxygen atoms in total. The summed E-state index contributed by atoms with van der Waals surface area (Å²) in [7, 11) is 0. The van der Waals surface area contributed by atoms with E-state index in [2.05, 4.69) is 15.5 Å². The average Bonchev–Trinajstić information content (AvgIpc) is 3.42. The monoisotopic (exact) mass is 561 g/mol. The van der Waals surface area contributed by atoms with E-state index < -0.39 is 42.4 Å². The number of aliphatic hydroxyl groups excluding tert-OH is 2. The van der Waals surface area contributed by atoms with Crippen molar-refractivity contribution >= 4 is 35.0 Å². The van der Waals surface area contributed by atoms with Gasteiger partial charge in [0, 0.05) is 44.7 Å². The van der Waals surface area contributed by atoms with E-state index in [1.807, 2.05) is 16.8 Å². The summed E-state index contributed by atoms with van der Waals surface area (Å²) in [6.45, 7) is 1.60. The fourth-order valence-corrected chi connectivity index (χ4v) is 6.91. The summed E-state index contributed by atoms with van der Waals surface area (Å²) < 4.78 is 5.79. The number of rotatable bonds is 3. The van der Waals surface area contributed by atoms with Crippen molar-refractivity contribution < 1.29 is 34.1 Å². The molecule has 4 amide bonds. The topological polar surface area (TPSA) is 152 Å². The first kappa shape index (κ1) is 26.6. The van der Waals surface area contributed by atoms with Crippen LogP contribution in [0.25, 0.3) is 0 Å². The molecule has 0 radical (unpaired) electrons. The fraction of sp³-hybridized carbons (Fsp3) is 0.692. The second-order valence-corrected chi connectivity index (χ2v) is 12.1. The molecule has 1 saturated carbocycles. The minimum Gasteiger partial charge on any atom is -0.388 e. The first-order valence-corrected chi connectivity index (χ1v) is 14.7. The van der Waals surface area contributed by atoms with Crippen LogP contribution in [0.5, 0.6) is 0 Å². The summed E-state index contributed by atoms with van der Waals surface area (Å²) >= 11 is 1.58. The number of aliphatic hydroxyl groups is 2. The summed E-state index contributed by atoms with van der Waals surface area (Å²) in [6, 6.07) is 0.382. The first-order valence-electron chi connectivity index (χ1n) is 13.7. The van der Waals surface area contributed by atoms with E-state index in [9.17, 15) is 29.4 Å². The second kappa shape index (κ2) is 10.8. The normalized spacial score (nSPS) is 36.2. The molecule has 5 aliphatic rings. The molecule has 6 rings (SSSR count). The van der Waals surface area contributed by atoms with Gasteiger partial charge in [0.05, 0.1) is 25.1 Å². The number of nitrogens with one attached hydrogen (secondary N) is 2. The van der Waals surface area contributed by atoms with Gasteiger partial charge < -0.3 is 35.4 Å². The first-order chi connectivity index (χ1) is 18.8. The molecule has 1 aromatic heterocycles. The molecule has 1 aromatic rings.